The van der Waals surface area contributed by atoms with E-state index in [9.17, 15) is 14.3 Å². The van der Waals surface area contributed by atoms with Gasteiger partial charge in [-0.05, 0) is 12.1 Å². The third kappa shape index (κ3) is 1.87. The highest BCUT2D eigenvalue weighted by atomic mass is 32.1. The molecule has 1 aromatic heterocycles. The smallest absolute Gasteiger partial charge is 0.264 e. The van der Waals surface area contributed by atoms with Crippen molar-refractivity contribution in [1.29, 1.82) is 0 Å². The molecule has 0 atom stereocenters. The van der Waals surface area contributed by atoms with E-state index in [-0.39, 0.29) is 4.88 Å². The predicted molar refractivity (Wildman–Crippen MR) is 57.7 cm³/mol. The fraction of sp³-hybridized carbons (Fsp3) is 0. The molecular formula is C10H7FN2O2S. The van der Waals surface area contributed by atoms with Gasteiger partial charge in [-0.1, -0.05) is 12.1 Å². The number of halogens is 1. The lowest BCUT2D eigenvalue weighted by Gasteiger charge is -1.94. The molecule has 0 unspecified atom stereocenters. The zero-order valence-corrected chi connectivity index (χ0v) is 8.79. The van der Waals surface area contributed by atoms with Crippen LogP contribution in [0, 0.1) is 5.82 Å². The maximum atomic E-state index is 12.9. The van der Waals surface area contributed by atoms with Gasteiger partial charge in [0.2, 0.25) is 5.88 Å². The number of thiazole rings is 1. The summed E-state index contributed by atoms with van der Waals surface area (Å²) in [5, 5.41) is 9.69. The van der Waals surface area contributed by atoms with Gasteiger partial charge >= 0.3 is 0 Å². The van der Waals surface area contributed by atoms with E-state index in [4.69, 9.17) is 5.73 Å². The largest absolute Gasteiger partial charge is 0.492 e. The average Bonchev–Trinajstić information content (AvgIpc) is 2.60. The van der Waals surface area contributed by atoms with Crippen LogP contribution in [0.25, 0.3) is 10.6 Å². The standard InChI is InChI=1S/C10H7FN2O2S/c11-6-3-1-2-5(4-6)10-13-9(15)7(16-10)8(12)14/h1-4,15H,(H2,12,14). The second kappa shape index (κ2) is 3.90. The number of aromatic hydroxyl groups is 1. The molecular weight excluding hydrogens is 231 g/mol. The van der Waals surface area contributed by atoms with Crippen LogP contribution < -0.4 is 5.73 Å². The molecule has 0 saturated carbocycles. The first kappa shape index (κ1) is 10.6. The number of hydrogen-bond acceptors (Lipinski definition) is 4. The normalized spacial score (nSPS) is 10.3. The maximum Gasteiger partial charge on any atom is 0.264 e. The average molecular weight is 238 g/mol. The molecule has 0 aliphatic heterocycles. The number of benzene rings is 1. The van der Waals surface area contributed by atoms with Crippen LogP contribution in [0.5, 0.6) is 5.88 Å². The van der Waals surface area contributed by atoms with Crippen LogP contribution in [0.3, 0.4) is 0 Å². The second-order valence-electron chi connectivity index (χ2n) is 3.05. The Morgan fingerprint density at radius 3 is 2.81 bits per heavy atom. The Hall–Kier alpha value is -1.95. The maximum absolute atomic E-state index is 12.9. The summed E-state index contributed by atoms with van der Waals surface area (Å²) in [5.74, 6) is -1.58. The summed E-state index contributed by atoms with van der Waals surface area (Å²) in [6, 6.07) is 5.72. The van der Waals surface area contributed by atoms with Crippen molar-refractivity contribution in [1.82, 2.24) is 4.98 Å². The van der Waals surface area contributed by atoms with E-state index in [1.807, 2.05) is 0 Å². The van der Waals surface area contributed by atoms with Gasteiger partial charge in [0, 0.05) is 5.56 Å². The first-order valence-electron chi connectivity index (χ1n) is 4.33. The first-order chi connectivity index (χ1) is 7.58. The molecule has 0 saturated heterocycles. The molecule has 1 heterocycles. The first-order valence-corrected chi connectivity index (χ1v) is 5.15. The molecule has 2 aromatic rings. The van der Waals surface area contributed by atoms with Gasteiger partial charge in [0.05, 0.1) is 0 Å². The van der Waals surface area contributed by atoms with Crippen molar-refractivity contribution in [2.45, 2.75) is 0 Å². The Morgan fingerprint density at radius 1 is 1.50 bits per heavy atom. The molecule has 0 radical (unpaired) electrons. The number of primary amides is 1. The van der Waals surface area contributed by atoms with Gasteiger partial charge in [-0.25, -0.2) is 9.37 Å². The number of nitrogens with two attached hydrogens (primary N) is 1. The molecule has 0 fully saturated rings. The number of hydrogen-bond donors (Lipinski definition) is 2. The molecule has 82 valence electrons. The molecule has 4 nitrogen and oxygen atoms in total. The molecule has 1 aromatic carbocycles. The summed E-state index contributed by atoms with van der Waals surface area (Å²) in [5.41, 5.74) is 5.53. The van der Waals surface area contributed by atoms with Gasteiger partial charge in [-0.15, -0.1) is 11.3 Å². The summed E-state index contributed by atoms with van der Waals surface area (Å²) >= 11 is 0.927. The van der Waals surface area contributed by atoms with E-state index in [0.29, 0.717) is 10.6 Å². The molecule has 1 amide bonds. The number of carbonyl (C=O) groups excluding carboxylic acids is 1. The second-order valence-corrected chi connectivity index (χ2v) is 4.05. The lowest BCUT2D eigenvalue weighted by atomic mass is 10.2. The van der Waals surface area contributed by atoms with Crippen LogP contribution in [-0.4, -0.2) is 16.0 Å². The Labute approximate surface area is 94.2 Å². The van der Waals surface area contributed by atoms with Crippen LogP contribution in [0.2, 0.25) is 0 Å². The summed E-state index contributed by atoms with van der Waals surface area (Å²) < 4.78 is 12.9. The molecule has 0 bridgehead atoms. The highest BCUT2D eigenvalue weighted by Crippen LogP contribution is 2.31. The number of carbonyl (C=O) groups is 1. The van der Waals surface area contributed by atoms with Gasteiger partial charge in [0.15, 0.2) is 4.88 Å². The topological polar surface area (TPSA) is 76.2 Å². The van der Waals surface area contributed by atoms with Crippen LogP contribution in [-0.2, 0) is 0 Å². The molecule has 2 rings (SSSR count). The predicted octanol–water partition coefficient (Wildman–Crippen LogP) is 1.75. The summed E-state index contributed by atoms with van der Waals surface area (Å²) in [7, 11) is 0. The fourth-order valence-corrected chi connectivity index (χ4v) is 2.03. The molecule has 6 heteroatoms. The quantitative estimate of drug-likeness (QED) is 0.836. The zero-order chi connectivity index (χ0) is 11.7. The van der Waals surface area contributed by atoms with E-state index in [2.05, 4.69) is 4.98 Å². The Balaban J connectivity index is 2.49. The third-order valence-corrected chi connectivity index (χ3v) is 3.01. The van der Waals surface area contributed by atoms with Crippen molar-refractivity contribution < 1.29 is 14.3 Å². The van der Waals surface area contributed by atoms with Crippen LogP contribution in [0.15, 0.2) is 24.3 Å². The molecule has 0 aliphatic rings. The Kier molecular flexibility index (Phi) is 2.57. The fourth-order valence-electron chi connectivity index (χ4n) is 1.22. The number of rotatable bonds is 2. The minimum atomic E-state index is -0.752. The van der Waals surface area contributed by atoms with Crippen molar-refractivity contribution in [3.8, 4) is 16.5 Å². The van der Waals surface area contributed by atoms with Gasteiger partial charge in [-0.2, -0.15) is 0 Å². The van der Waals surface area contributed by atoms with Gasteiger partial charge < -0.3 is 10.8 Å². The molecule has 0 aliphatic carbocycles. The van der Waals surface area contributed by atoms with Crippen LogP contribution in [0.1, 0.15) is 9.67 Å². The summed E-state index contributed by atoms with van der Waals surface area (Å²) in [6.07, 6.45) is 0. The Bertz CT molecular complexity index is 554. The highest BCUT2D eigenvalue weighted by Gasteiger charge is 2.15. The zero-order valence-electron chi connectivity index (χ0n) is 7.98. The minimum Gasteiger partial charge on any atom is -0.492 e. The highest BCUT2D eigenvalue weighted by molar-refractivity contribution is 7.17. The van der Waals surface area contributed by atoms with Gasteiger partial charge in [-0.3, -0.25) is 4.79 Å². The van der Waals surface area contributed by atoms with Crippen molar-refractivity contribution in [3.63, 3.8) is 0 Å². The van der Waals surface area contributed by atoms with Crippen molar-refractivity contribution >= 4 is 17.2 Å². The van der Waals surface area contributed by atoms with Crippen molar-refractivity contribution in [2.75, 3.05) is 0 Å². The van der Waals surface area contributed by atoms with E-state index >= 15 is 0 Å². The monoisotopic (exact) mass is 238 g/mol. The van der Waals surface area contributed by atoms with Crippen molar-refractivity contribution in [3.05, 3.63) is 35.0 Å². The lowest BCUT2D eigenvalue weighted by Crippen LogP contribution is -2.08. The van der Waals surface area contributed by atoms with E-state index in [0.717, 1.165) is 11.3 Å². The summed E-state index contributed by atoms with van der Waals surface area (Å²) in [4.78, 5) is 14.6. The van der Waals surface area contributed by atoms with Gasteiger partial charge in [0.1, 0.15) is 10.8 Å². The van der Waals surface area contributed by atoms with Crippen molar-refractivity contribution in [2.24, 2.45) is 5.73 Å². The molecule has 16 heavy (non-hydrogen) atoms. The number of amides is 1. The van der Waals surface area contributed by atoms with E-state index in [1.54, 1.807) is 6.07 Å². The molecule has 3 N–H and O–H groups in total. The van der Waals surface area contributed by atoms with Gasteiger partial charge in [0.25, 0.3) is 5.91 Å². The summed E-state index contributed by atoms with van der Waals surface area (Å²) in [6.45, 7) is 0. The van der Waals surface area contributed by atoms with E-state index in [1.165, 1.54) is 18.2 Å². The minimum absolute atomic E-state index is 0.0285. The number of aromatic nitrogens is 1. The van der Waals surface area contributed by atoms with E-state index < -0.39 is 17.6 Å². The Morgan fingerprint density at radius 2 is 2.25 bits per heavy atom. The van der Waals surface area contributed by atoms with Crippen LogP contribution >= 0.6 is 11.3 Å². The lowest BCUT2D eigenvalue weighted by molar-refractivity contribution is 0.100. The third-order valence-electron chi connectivity index (χ3n) is 1.90. The SMILES string of the molecule is NC(=O)c1sc(-c2cccc(F)c2)nc1O. The molecule has 0 spiro atoms. The number of nitrogens with zero attached hydrogens (tertiary/aromatic N) is 1. The van der Waals surface area contributed by atoms with Crippen LogP contribution in [0.4, 0.5) is 4.39 Å².